The normalized spacial score (nSPS) is 10.8. The summed E-state index contributed by atoms with van der Waals surface area (Å²) in [6, 6.07) is 5.30. The van der Waals surface area contributed by atoms with Gasteiger partial charge in [0.1, 0.15) is 0 Å². The summed E-state index contributed by atoms with van der Waals surface area (Å²) in [4.78, 5) is 24.6. The Morgan fingerprint density at radius 2 is 1.92 bits per heavy atom. The number of nitrogens with zero attached hydrogens (tertiary/aromatic N) is 1. The Morgan fingerprint density at radius 1 is 1.25 bits per heavy atom. The number of carbonyl (C=O) groups excluding carboxylic acids is 2. The zero-order valence-electron chi connectivity index (χ0n) is 13.2. The highest BCUT2D eigenvalue weighted by molar-refractivity contribution is 6.32. The number of rotatable bonds is 6. The second kappa shape index (κ2) is 8.33. The summed E-state index contributed by atoms with van der Waals surface area (Å²) in [5.41, 5.74) is 2.23. The first kappa shape index (κ1) is 19.5. The monoisotopic (exact) mass is 341 g/mol. The Bertz CT molecular complexity index is 638. The van der Waals surface area contributed by atoms with Crippen LogP contribution in [0.2, 0.25) is 0 Å². The molecule has 0 aliphatic heterocycles. The van der Waals surface area contributed by atoms with Gasteiger partial charge in [0.05, 0.1) is 0 Å². The molecular formula is C17H18F3NO3. The van der Waals surface area contributed by atoms with E-state index in [0.29, 0.717) is 5.56 Å². The molecular weight excluding hydrogens is 323 g/mol. The minimum atomic E-state index is -4.68. The molecule has 0 saturated carbocycles. The molecule has 1 rings (SSSR count). The van der Waals surface area contributed by atoms with Crippen LogP contribution in [-0.2, 0) is 20.9 Å². The van der Waals surface area contributed by atoms with Crippen molar-refractivity contribution in [3.63, 3.8) is 0 Å². The van der Waals surface area contributed by atoms with Gasteiger partial charge in [-0.2, -0.15) is 13.2 Å². The number of carbonyl (C=O) groups is 2. The first-order valence-electron chi connectivity index (χ1n) is 7.13. The smallest absolute Gasteiger partial charge is 0.422 e. The van der Waals surface area contributed by atoms with Crippen molar-refractivity contribution in [1.82, 2.24) is 4.90 Å². The van der Waals surface area contributed by atoms with Crippen molar-refractivity contribution in [3.8, 4) is 0 Å². The Labute approximate surface area is 138 Å². The average molecular weight is 341 g/mol. The van der Waals surface area contributed by atoms with Crippen LogP contribution in [0.25, 0.3) is 12.2 Å². The van der Waals surface area contributed by atoms with Crippen LogP contribution < -0.4 is 0 Å². The summed E-state index contributed by atoms with van der Waals surface area (Å²) in [5, 5.41) is 0. The van der Waals surface area contributed by atoms with Crippen LogP contribution in [-0.4, -0.2) is 36.1 Å². The second-order valence-electron chi connectivity index (χ2n) is 4.84. The van der Waals surface area contributed by atoms with Crippen LogP contribution in [0, 0.1) is 0 Å². The average Bonchev–Trinajstić information content (AvgIpc) is 2.55. The van der Waals surface area contributed by atoms with E-state index in [4.69, 9.17) is 0 Å². The van der Waals surface area contributed by atoms with Gasteiger partial charge < -0.3 is 9.64 Å². The lowest BCUT2D eigenvalue weighted by molar-refractivity contribution is -0.189. The van der Waals surface area contributed by atoms with Gasteiger partial charge in [0.2, 0.25) is 0 Å². The minimum absolute atomic E-state index is 0.0412. The largest absolute Gasteiger partial charge is 0.449 e. The lowest BCUT2D eigenvalue weighted by Gasteiger charge is -2.21. The maximum atomic E-state index is 12.1. The van der Waals surface area contributed by atoms with Gasteiger partial charge in [-0.05, 0) is 23.6 Å². The lowest BCUT2D eigenvalue weighted by Crippen LogP contribution is -2.38. The number of alkyl halides is 3. The number of esters is 1. The molecule has 0 heterocycles. The fourth-order valence-electron chi connectivity index (χ4n) is 2.07. The molecule has 0 aromatic heterocycles. The van der Waals surface area contributed by atoms with Crippen LogP contribution in [0.4, 0.5) is 13.2 Å². The fraction of sp³-hybridized carbons (Fsp3) is 0.294. The molecule has 0 saturated heterocycles. The van der Waals surface area contributed by atoms with Crippen molar-refractivity contribution in [2.24, 2.45) is 0 Å². The van der Waals surface area contributed by atoms with Gasteiger partial charge in [0.15, 0.2) is 6.61 Å². The molecule has 0 aliphatic rings. The maximum absolute atomic E-state index is 12.1. The molecule has 0 spiro atoms. The fourth-order valence-corrected chi connectivity index (χ4v) is 2.07. The van der Waals surface area contributed by atoms with Crippen LogP contribution in [0.1, 0.15) is 23.6 Å². The van der Waals surface area contributed by atoms with Gasteiger partial charge in [-0.15, -0.1) is 0 Å². The molecule has 24 heavy (non-hydrogen) atoms. The van der Waals surface area contributed by atoms with Crippen molar-refractivity contribution in [3.05, 3.63) is 48.0 Å². The molecule has 0 unspecified atom stereocenters. The number of amides is 1. The molecule has 1 aromatic carbocycles. The Balaban J connectivity index is 2.91. The summed E-state index contributed by atoms with van der Waals surface area (Å²) in [6.45, 7) is 7.38. The summed E-state index contributed by atoms with van der Waals surface area (Å²) >= 11 is 0. The van der Waals surface area contributed by atoms with E-state index in [0.717, 1.165) is 16.0 Å². The minimum Gasteiger partial charge on any atom is -0.449 e. The van der Waals surface area contributed by atoms with E-state index in [1.54, 1.807) is 31.2 Å². The molecule has 0 radical (unpaired) electrons. The van der Waals surface area contributed by atoms with E-state index < -0.39 is 24.7 Å². The van der Waals surface area contributed by atoms with Gasteiger partial charge in [-0.25, -0.2) is 4.79 Å². The van der Waals surface area contributed by atoms with Crippen LogP contribution >= 0.6 is 0 Å². The molecule has 0 aliphatic carbocycles. The van der Waals surface area contributed by atoms with Crippen LogP contribution in [0.15, 0.2) is 31.4 Å². The molecule has 0 atom stereocenters. The standard InChI is InChI=1S/C17H18F3NO3/c1-4-12-8-7-9-13(14(12)5-2)10-21(6-3)15(22)16(23)24-11-17(18,19)20/h4-5,7-9H,1-2,6,10-11H2,3H3. The Hall–Kier alpha value is -2.57. The summed E-state index contributed by atoms with van der Waals surface area (Å²) in [6.07, 6.45) is -1.47. The van der Waals surface area contributed by atoms with E-state index in [-0.39, 0.29) is 13.1 Å². The molecule has 0 N–H and O–H groups in total. The van der Waals surface area contributed by atoms with Gasteiger partial charge in [0, 0.05) is 13.1 Å². The van der Waals surface area contributed by atoms with Gasteiger partial charge in [-0.1, -0.05) is 43.5 Å². The molecule has 7 heteroatoms. The first-order chi connectivity index (χ1) is 11.2. The van der Waals surface area contributed by atoms with E-state index >= 15 is 0 Å². The zero-order valence-corrected chi connectivity index (χ0v) is 13.2. The number of likely N-dealkylation sites (N-methyl/N-ethyl adjacent to an activating group) is 1. The van der Waals surface area contributed by atoms with Gasteiger partial charge in [-0.3, -0.25) is 4.79 Å². The first-order valence-corrected chi connectivity index (χ1v) is 7.13. The zero-order chi connectivity index (χ0) is 18.3. The van der Waals surface area contributed by atoms with E-state index in [2.05, 4.69) is 17.9 Å². The summed E-state index contributed by atoms with van der Waals surface area (Å²) in [5.74, 6) is -2.66. The lowest BCUT2D eigenvalue weighted by atomic mass is 10.0. The maximum Gasteiger partial charge on any atom is 0.422 e. The molecule has 0 bridgehead atoms. The van der Waals surface area contributed by atoms with Crippen molar-refractivity contribution in [1.29, 1.82) is 0 Å². The second-order valence-corrected chi connectivity index (χ2v) is 4.84. The van der Waals surface area contributed by atoms with Crippen LogP contribution in [0.3, 0.4) is 0 Å². The quantitative estimate of drug-likeness (QED) is 0.588. The van der Waals surface area contributed by atoms with Crippen molar-refractivity contribution < 1.29 is 27.5 Å². The molecule has 4 nitrogen and oxygen atoms in total. The highest BCUT2D eigenvalue weighted by atomic mass is 19.4. The summed E-state index contributed by atoms with van der Waals surface area (Å²) in [7, 11) is 0. The van der Waals surface area contributed by atoms with Crippen molar-refractivity contribution in [2.45, 2.75) is 19.6 Å². The van der Waals surface area contributed by atoms with Gasteiger partial charge >= 0.3 is 18.1 Å². The molecule has 130 valence electrons. The topological polar surface area (TPSA) is 46.6 Å². The van der Waals surface area contributed by atoms with E-state index in [9.17, 15) is 22.8 Å². The third-order valence-electron chi connectivity index (χ3n) is 3.23. The van der Waals surface area contributed by atoms with Crippen LogP contribution in [0.5, 0.6) is 0 Å². The van der Waals surface area contributed by atoms with E-state index in [1.165, 1.54) is 0 Å². The van der Waals surface area contributed by atoms with Gasteiger partial charge in [0.25, 0.3) is 0 Å². The number of hydrogen-bond donors (Lipinski definition) is 0. The predicted octanol–water partition coefficient (Wildman–Crippen LogP) is 3.43. The predicted molar refractivity (Wildman–Crippen MR) is 84.7 cm³/mol. The number of hydrogen-bond acceptors (Lipinski definition) is 3. The summed E-state index contributed by atoms with van der Waals surface area (Å²) < 4.78 is 40.2. The number of benzene rings is 1. The third-order valence-corrected chi connectivity index (χ3v) is 3.23. The molecule has 1 amide bonds. The molecule has 0 fully saturated rings. The number of ether oxygens (including phenoxy) is 1. The Morgan fingerprint density at radius 3 is 2.42 bits per heavy atom. The van der Waals surface area contributed by atoms with E-state index in [1.807, 2.05) is 6.07 Å². The third kappa shape index (κ3) is 5.26. The highest BCUT2D eigenvalue weighted by Gasteiger charge is 2.32. The van der Waals surface area contributed by atoms with Crippen molar-refractivity contribution in [2.75, 3.05) is 13.2 Å². The molecule has 1 aromatic rings. The Kier molecular flexibility index (Phi) is 6.76. The number of halogens is 3. The highest BCUT2D eigenvalue weighted by Crippen LogP contribution is 2.20. The van der Waals surface area contributed by atoms with Crippen molar-refractivity contribution >= 4 is 24.0 Å². The SMILES string of the molecule is C=Cc1cccc(CN(CC)C(=O)C(=O)OCC(F)(F)F)c1C=C.